The van der Waals surface area contributed by atoms with Gasteiger partial charge in [-0.25, -0.2) is 18.3 Å². The van der Waals surface area contributed by atoms with Crippen LogP contribution in [-0.2, 0) is 32.3 Å². The molecule has 12 heteroatoms. The number of carbonyl (C=O) groups excluding carboxylic acids is 3. The van der Waals surface area contributed by atoms with Gasteiger partial charge < -0.3 is 4.90 Å². The summed E-state index contributed by atoms with van der Waals surface area (Å²) in [4.78, 5) is 50.3. The van der Waals surface area contributed by atoms with Gasteiger partial charge in [0.25, 0.3) is 5.91 Å². The lowest BCUT2D eigenvalue weighted by Crippen LogP contribution is -2.43. The average Bonchev–Trinajstić information content (AvgIpc) is 3.48. The van der Waals surface area contributed by atoms with E-state index in [2.05, 4.69) is 9.98 Å². The van der Waals surface area contributed by atoms with Crippen molar-refractivity contribution in [3.05, 3.63) is 75.3 Å². The molecule has 5 rings (SSSR count). The number of amidine groups is 1. The fourth-order valence-corrected chi connectivity index (χ4v) is 7.13. The topological polar surface area (TPSA) is 117 Å². The Morgan fingerprint density at radius 3 is 2.59 bits per heavy atom. The molecule has 1 aromatic carbocycles. The highest BCUT2D eigenvalue weighted by Gasteiger charge is 2.33. The molecule has 0 saturated carbocycles. The van der Waals surface area contributed by atoms with Gasteiger partial charge in [-0.3, -0.25) is 19.4 Å². The number of aliphatic imine (C=N–C) groups is 1. The molecule has 4 heterocycles. The number of benzene rings is 1. The molecule has 0 spiro atoms. The first-order chi connectivity index (χ1) is 17.6. The summed E-state index contributed by atoms with van der Waals surface area (Å²) < 4.78 is 25.2. The first-order valence-electron chi connectivity index (χ1n) is 11.3. The molecule has 0 aliphatic carbocycles. The first kappa shape index (κ1) is 25.2. The van der Waals surface area contributed by atoms with E-state index < -0.39 is 33.2 Å². The Kier molecular flexibility index (Phi) is 6.69. The van der Waals surface area contributed by atoms with E-state index in [1.54, 1.807) is 12.1 Å². The van der Waals surface area contributed by atoms with Crippen LogP contribution in [0.1, 0.15) is 27.0 Å². The Bertz CT molecular complexity index is 1560. The summed E-state index contributed by atoms with van der Waals surface area (Å²) in [7, 11) is -1.83. The molecule has 2 aliphatic rings. The zero-order valence-corrected chi connectivity index (χ0v) is 22.1. The Morgan fingerprint density at radius 2 is 1.95 bits per heavy atom. The monoisotopic (exact) mass is 556 g/mol. The standard InChI is InChI=1S/C25H21ClN4O5S2/c1-29-9-8-27-24(29)16-3-4-19-17(11-16)12-22(32)30(25(19)33)21-6-2-15(13-28-21)10-18(31)14-37(34,35)23-7-5-20(26)36-23/h2-7,11,13H,8-10,12,14H2,1H3. The van der Waals surface area contributed by atoms with E-state index in [1.807, 2.05) is 24.1 Å². The lowest BCUT2D eigenvalue weighted by atomic mass is 9.95. The zero-order chi connectivity index (χ0) is 26.3. The maximum absolute atomic E-state index is 13.2. The molecule has 37 heavy (non-hydrogen) atoms. The highest BCUT2D eigenvalue weighted by atomic mass is 35.5. The van der Waals surface area contributed by atoms with Crippen molar-refractivity contribution in [2.75, 3.05) is 30.8 Å². The fourth-order valence-electron chi connectivity index (χ4n) is 4.32. The molecule has 2 aliphatic heterocycles. The summed E-state index contributed by atoms with van der Waals surface area (Å²) >= 11 is 6.70. The van der Waals surface area contributed by atoms with Crippen molar-refractivity contribution in [2.45, 2.75) is 17.1 Å². The number of halogens is 1. The van der Waals surface area contributed by atoms with E-state index in [-0.39, 0.29) is 22.9 Å². The zero-order valence-electron chi connectivity index (χ0n) is 19.7. The van der Waals surface area contributed by atoms with Crippen LogP contribution in [0.25, 0.3) is 0 Å². The molecule has 9 nitrogen and oxygen atoms in total. The van der Waals surface area contributed by atoms with E-state index in [0.717, 1.165) is 34.2 Å². The Balaban J connectivity index is 1.29. The van der Waals surface area contributed by atoms with E-state index in [4.69, 9.17) is 11.6 Å². The summed E-state index contributed by atoms with van der Waals surface area (Å²) in [6.45, 7) is 1.53. The van der Waals surface area contributed by atoms with E-state index >= 15 is 0 Å². The number of likely N-dealkylation sites (N-methyl/N-ethyl adjacent to an activating group) is 1. The first-order valence-corrected chi connectivity index (χ1v) is 14.2. The number of pyridine rings is 1. The summed E-state index contributed by atoms with van der Waals surface area (Å²) in [5, 5.41) is 0. The van der Waals surface area contributed by atoms with Crippen LogP contribution >= 0.6 is 22.9 Å². The smallest absolute Gasteiger partial charge is 0.266 e. The minimum absolute atomic E-state index is 0.0390. The van der Waals surface area contributed by atoms with Crippen LogP contribution in [0.2, 0.25) is 4.34 Å². The van der Waals surface area contributed by atoms with Crippen LogP contribution in [0.5, 0.6) is 0 Å². The van der Waals surface area contributed by atoms with Gasteiger partial charge in [0, 0.05) is 37.3 Å². The van der Waals surface area contributed by atoms with Crippen molar-refractivity contribution < 1.29 is 22.8 Å². The van der Waals surface area contributed by atoms with Crippen LogP contribution in [-0.4, -0.2) is 67.6 Å². The number of imide groups is 1. The second kappa shape index (κ2) is 9.81. The van der Waals surface area contributed by atoms with Gasteiger partial charge in [-0.05, 0) is 41.5 Å². The van der Waals surface area contributed by atoms with Gasteiger partial charge in [-0.15, -0.1) is 11.3 Å². The number of sulfone groups is 1. The van der Waals surface area contributed by atoms with Crippen molar-refractivity contribution in [3.8, 4) is 0 Å². The van der Waals surface area contributed by atoms with Gasteiger partial charge >= 0.3 is 0 Å². The molecular weight excluding hydrogens is 536 g/mol. The highest BCUT2D eigenvalue weighted by molar-refractivity contribution is 7.94. The number of aromatic nitrogens is 1. The highest BCUT2D eigenvalue weighted by Crippen LogP contribution is 2.28. The van der Waals surface area contributed by atoms with Crippen LogP contribution in [0, 0.1) is 0 Å². The van der Waals surface area contributed by atoms with Gasteiger partial charge in [0.15, 0.2) is 15.6 Å². The number of ketones is 1. The summed E-state index contributed by atoms with van der Waals surface area (Å²) in [5.41, 5.74) is 2.40. The van der Waals surface area contributed by atoms with E-state index in [1.165, 1.54) is 24.4 Å². The SMILES string of the molecule is CN1CCN=C1c1ccc2c(c1)CC(=O)N(c1ccc(CC(=O)CS(=O)(=O)c3ccc(Cl)s3)cn1)C2=O. The third-order valence-corrected chi connectivity index (χ3v) is 9.58. The van der Waals surface area contributed by atoms with Crippen molar-refractivity contribution in [1.29, 1.82) is 0 Å². The Labute approximate surface area is 222 Å². The molecule has 0 N–H and O–H groups in total. The average molecular weight is 557 g/mol. The Morgan fingerprint density at radius 1 is 1.14 bits per heavy atom. The lowest BCUT2D eigenvalue weighted by molar-refractivity contribution is -0.118. The quantitative estimate of drug-likeness (QED) is 0.411. The molecule has 0 fully saturated rings. The Hall–Kier alpha value is -3.41. The molecule has 3 aromatic rings. The number of nitrogens with zero attached hydrogens (tertiary/aromatic N) is 4. The van der Waals surface area contributed by atoms with Crippen molar-refractivity contribution in [2.24, 2.45) is 4.99 Å². The van der Waals surface area contributed by atoms with Gasteiger partial charge in [0.2, 0.25) is 5.91 Å². The van der Waals surface area contributed by atoms with E-state index in [9.17, 15) is 22.8 Å². The van der Waals surface area contributed by atoms with Gasteiger partial charge in [-0.2, -0.15) is 0 Å². The molecule has 0 atom stereocenters. The number of carbonyl (C=O) groups is 3. The maximum atomic E-state index is 13.2. The minimum atomic E-state index is -3.78. The number of Topliss-reactive ketones (excluding diaryl/α,β-unsaturated/α-hetero) is 1. The largest absolute Gasteiger partial charge is 0.358 e. The summed E-state index contributed by atoms with van der Waals surface area (Å²) in [5.74, 6) is -1.07. The lowest BCUT2D eigenvalue weighted by Gasteiger charge is -2.26. The number of anilines is 1. The normalized spacial score (nSPS) is 15.7. The molecular formula is C25H21ClN4O5S2. The maximum Gasteiger partial charge on any atom is 0.266 e. The van der Waals surface area contributed by atoms with Gasteiger partial charge in [0.1, 0.15) is 21.6 Å². The predicted molar refractivity (Wildman–Crippen MR) is 140 cm³/mol. The summed E-state index contributed by atoms with van der Waals surface area (Å²) in [6, 6.07) is 11.2. The number of rotatable bonds is 7. The minimum Gasteiger partial charge on any atom is -0.358 e. The van der Waals surface area contributed by atoms with E-state index in [0.29, 0.717) is 27.6 Å². The molecule has 0 saturated heterocycles. The molecule has 0 radical (unpaired) electrons. The molecule has 0 bridgehead atoms. The molecule has 190 valence electrons. The molecule has 0 unspecified atom stereocenters. The van der Waals surface area contributed by atoms with Crippen LogP contribution in [0.3, 0.4) is 0 Å². The third-order valence-electron chi connectivity index (χ3n) is 6.09. The van der Waals surface area contributed by atoms with Crippen molar-refractivity contribution in [3.63, 3.8) is 0 Å². The number of thiophene rings is 1. The molecule has 2 aromatic heterocycles. The van der Waals surface area contributed by atoms with Crippen molar-refractivity contribution in [1.82, 2.24) is 9.88 Å². The predicted octanol–water partition coefficient (Wildman–Crippen LogP) is 2.80. The van der Waals surface area contributed by atoms with Gasteiger partial charge in [-0.1, -0.05) is 23.7 Å². The molecule has 2 amide bonds. The van der Waals surface area contributed by atoms with Crippen LogP contribution < -0.4 is 4.90 Å². The van der Waals surface area contributed by atoms with Gasteiger partial charge in [0.05, 0.1) is 17.3 Å². The number of hydrogen-bond donors (Lipinski definition) is 0. The second-order valence-corrected chi connectivity index (χ2v) is 12.7. The number of hydrogen-bond acceptors (Lipinski definition) is 9. The number of fused-ring (bicyclic) bond motifs is 1. The van der Waals surface area contributed by atoms with Crippen molar-refractivity contribution >= 4 is 62.0 Å². The number of amides is 2. The second-order valence-electron chi connectivity index (χ2n) is 8.77. The fraction of sp³-hybridized carbons (Fsp3) is 0.240. The van der Waals surface area contributed by atoms with Crippen LogP contribution in [0.15, 0.2) is 57.9 Å². The third kappa shape index (κ3) is 5.07. The van der Waals surface area contributed by atoms with Crippen LogP contribution in [0.4, 0.5) is 5.82 Å². The summed E-state index contributed by atoms with van der Waals surface area (Å²) in [6.07, 6.45) is 1.25.